The summed E-state index contributed by atoms with van der Waals surface area (Å²) < 4.78 is 33.8. The van der Waals surface area contributed by atoms with Crippen molar-refractivity contribution in [3.8, 4) is 0 Å². The van der Waals surface area contributed by atoms with Gasteiger partial charge in [0.15, 0.2) is 0 Å². The van der Waals surface area contributed by atoms with Gasteiger partial charge in [0.2, 0.25) is 10.0 Å². The van der Waals surface area contributed by atoms with Crippen molar-refractivity contribution in [3.05, 3.63) is 47.0 Å². The van der Waals surface area contributed by atoms with Crippen LogP contribution in [0.25, 0.3) is 0 Å². The van der Waals surface area contributed by atoms with E-state index in [1.54, 1.807) is 24.1 Å². The lowest BCUT2D eigenvalue weighted by atomic mass is 10.2. The van der Waals surface area contributed by atoms with Crippen molar-refractivity contribution in [3.63, 3.8) is 0 Å². The van der Waals surface area contributed by atoms with E-state index in [0.29, 0.717) is 30.3 Å². The molecule has 0 aliphatic carbocycles. The molecule has 2 aromatic rings. The zero-order chi connectivity index (χ0) is 22.8. The average molecular weight is 467 g/mol. The highest BCUT2D eigenvalue weighted by atomic mass is 35.5. The highest BCUT2D eigenvalue weighted by Crippen LogP contribution is 2.30. The first-order chi connectivity index (χ1) is 14.6. The van der Waals surface area contributed by atoms with Crippen molar-refractivity contribution < 1.29 is 13.2 Å². The molecule has 1 aliphatic heterocycles. The minimum atomic E-state index is -3.89. The van der Waals surface area contributed by atoms with Crippen LogP contribution in [0.15, 0.2) is 35.5 Å². The molecule has 11 heteroatoms. The molecule has 1 aliphatic rings. The minimum Gasteiger partial charge on any atom is -0.376 e. The van der Waals surface area contributed by atoms with Crippen LogP contribution < -0.4 is 9.80 Å². The number of anilines is 2. The number of aryl methyl sites for hydroxylation is 1. The van der Waals surface area contributed by atoms with Crippen molar-refractivity contribution >= 4 is 33.3 Å². The molecule has 0 spiro atoms. The van der Waals surface area contributed by atoms with Gasteiger partial charge in [-0.3, -0.25) is 0 Å². The normalized spacial score (nSPS) is 16.7. The first-order valence-electron chi connectivity index (χ1n) is 9.70. The third-order valence-electron chi connectivity index (χ3n) is 5.02. The molecule has 1 unspecified atom stereocenters. The van der Waals surface area contributed by atoms with E-state index in [0.717, 1.165) is 5.69 Å². The van der Waals surface area contributed by atoms with Gasteiger partial charge in [0, 0.05) is 59.1 Å². The van der Waals surface area contributed by atoms with Crippen molar-refractivity contribution in [1.82, 2.24) is 19.3 Å². The number of halogens is 1. The largest absolute Gasteiger partial charge is 0.376 e. The lowest BCUT2D eigenvalue weighted by Gasteiger charge is -2.31. The SMILES string of the molecule is COC1C=CCN(c2nc(C)ccc2S(=O)(=O)N(C)Cc2c(Cl)ncnc2N(C)C)C1. The molecule has 168 valence electrons. The molecule has 0 saturated carbocycles. The van der Waals surface area contributed by atoms with Gasteiger partial charge in [0.25, 0.3) is 0 Å². The topological polar surface area (TPSA) is 91.8 Å². The first kappa shape index (κ1) is 23.4. The van der Waals surface area contributed by atoms with Gasteiger partial charge in [-0.25, -0.2) is 23.4 Å². The van der Waals surface area contributed by atoms with Crippen molar-refractivity contribution in [2.75, 3.05) is 51.1 Å². The molecule has 0 aromatic carbocycles. The third kappa shape index (κ3) is 4.98. The smallest absolute Gasteiger partial charge is 0.246 e. The maximum atomic E-state index is 13.6. The Bertz CT molecular complexity index is 1080. The van der Waals surface area contributed by atoms with Gasteiger partial charge in [0.1, 0.15) is 28.0 Å². The molecule has 9 nitrogen and oxygen atoms in total. The van der Waals surface area contributed by atoms with Gasteiger partial charge in [-0.05, 0) is 19.1 Å². The Morgan fingerprint density at radius 3 is 2.68 bits per heavy atom. The van der Waals surface area contributed by atoms with E-state index in [1.165, 1.54) is 17.7 Å². The molecular weight excluding hydrogens is 440 g/mol. The van der Waals surface area contributed by atoms with Gasteiger partial charge in [0.05, 0.1) is 6.10 Å². The number of pyridine rings is 1. The van der Waals surface area contributed by atoms with Crippen LogP contribution in [0.5, 0.6) is 0 Å². The van der Waals surface area contributed by atoms with Gasteiger partial charge in [-0.1, -0.05) is 23.8 Å². The molecule has 31 heavy (non-hydrogen) atoms. The van der Waals surface area contributed by atoms with Gasteiger partial charge < -0.3 is 14.5 Å². The Balaban J connectivity index is 1.99. The lowest BCUT2D eigenvalue weighted by Crippen LogP contribution is -2.38. The third-order valence-corrected chi connectivity index (χ3v) is 7.17. The molecule has 3 rings (SSSR count). The van der Waals surface area contributed by atoms with Crippen LogP contribution in [0.1, 0.15) is 11.3 Å². The first-order valence-corrected chi connectivity index (χ1v) is 11.5. The second kappa shape index (κ2) is 9.47. The fourth-order valence-electron chi connectivity index (χ4n) is 3.36. The van der Waals surface area contributed by atoms with Gasteiger partial charge in [-0.15, -0.1) is 0 Å². The Labute approximate surface area is 188 Å². The number of sulfonamides is 1. The van der Waals surface area contributed by atoms with E-state index in [9.17, 15) is 8.42 Å². The average Bonchev–Trinajstić information content (AvgIpc) is 2.74. The maximum absolute atomic E-state index is 13.6. The quantitative estimate of drug-likeness (QED) is 0.452. The Hall–Kier alpha value is -2.27. The summed E-state index contributed by atoms with van der Waals surface area (Å²) in [4.78, 5) is 16.6. The highest BCUT2D eigenvalue weighted by molar-refractivity contribution is 7.89. The van der Waals surface area contributed by atoms with Crippen LogP contribution in [0.3, 0.4) is 0 Å². The molecule has 0 amide bonds. The summed E-state index contributed by atoms with van der Waals surface area (Å²) in [5.41, 5.74) is 1.26. The van der Waals surface area contributed by atoms with Crippen LogP contribution in [0.2, 0.25) is 5.15 Å². The second-order valence-corrected chi connectivity index (χ2v) is 9.88. The molecule has 1 atom stereocenters. The second-order valence-electron chi connectivity index (χ2n) is 7.50. The summed E-state index contributed by atoms with van der Waals surface area (Å²) in [6, 6.07) is 3.29. The van der Waals surface area contributed by atoms with Crippen LogP contribution >= 0.6 is 11.6 Å². The van der Waals surface area contributed by atoms with E-state index in [-0.39, 0.29) is 22.7 Å². The molecule has 2 aromatic heterocycles. The van der Waals surface area contributed by atoms with Gasteiger partial charge >= 0.3 is 0 Å². The predicted molar refractivity (Wildman–Crippen MR) is 121 cm³/mol. The Morgan fingerprint density at radius 1 is 1.26 bits per heavy atom. The zero-order valence-electron chi connectivity index (χ0n) is 18.3. The molecule has 3 heterocycles. The van der Waals surface area contributed by atoms with Crippen LogP contribution in [0, 0.1) is 6.92 Å². The van der Waals surface area contributed by atoms with E-state index in [2.05, 4.69) is 15.0 Å². The number of methoxy groups -OCH3 is 1. The summed E-state index contributed by atoms with van der Waals surface area (Å²) in [7, 11) is 2.88. The molecule has 0 saturated heterocycles. The maximum Gasteiger partial charge on any atom is 0.246 e. The number of aromatic nitrogens is 3. The Morgan fingerprint density at radius 2 is 2.00 bits per heavy atom. The molecule has 0 bridgehead atoms. The summed E-state index contributed by atoms with van der Waals surface area (Å²) in [6.07, 6.45) is 5.14. The number of hydrogen-bond acceptors (Lipinski definition) is 8. The number of nitrogens with zero attached hydrogens (tertiary/aromatic N) is 6. The predicted octanol–water partition coefficient (Wildman–Crippen LogP) is 2.11. The van der Waals surface area contributed by atoms with E-state index in [4.69, 9.17) is 16.3 Å². The van der Waals surface area contributed by atoms with E-state index < -0.39 is 10.0 Å². The molecular formula is C20H27ClN6O3S. The molecule has 0 fully saturated rings. The minimum absolute atomic E-state index is 0.0173. The van der Waals surface area contributed by atoms with Crippen LogP contribution in [0.4, 0.5) is 11.6 Å². The van der Waals surface area contributed by atoms with Gasteiger partial charge in [-0.2, -0.15) is 4.31 Å². The zero-order valence-corrected chi connectivity index (χ0v) is 19.9. The fourth-order valence-corrected chi connectivity index (χ4v) is 4.82. The molecule has 0 N–H and O–H groups in total. The van der Waals surface area contributed by atoms with Crippen molar-refractivity contribution in [2.45, 2.75) is 24.5 Å². The summed E-state index contributed by atoms with van der Waals surface area (Å²) in [6.45, 7) is 2.91. The fraction of sp³-hybridized carbons (Fsp3) is 0.450. The van der Waals surface area contributed by atoms with E-state index in [1.807, 2.05) is 38.1 Å². The summed E-state index contributed by atoms with van der Waals surface area (Å²) in [5.74, 6) is 0.968. The standard InChI is InChI=1S/C20H27ClN6O3S/c1-14-8-9-17(20(24-14)27-10-6-7-15(11-27)30-5)31(28,29)26(4)12-16-18(21)22-13-23-19(16)25(2)3/h6-9,13,15H,10-12H2,1-5H3. The number of ether oxygens (including phenoxy) is 1. The van der Waals surface area contributed by atoms with Crippen LogP contribution in [-0.4, -0.2) is 75.1 Å². The van der Waals surface area contributed by atoms with Crippen molar-refractivity contribution in [2.24, 2.45) is 0 Å². The van der Waals surface area contributed by atoms with Crippen molar-refractivity contribution in [1.29, 1.82) is 0 Å². The molecule has 0 radical (unpaired) electrons. The highest BCUT2D eigenvalue weighted by Gasteiger charge is 2.30. The monoisotopic (exact) mass is 466 g/mol. The van der Waals surface area contributed by atoms with Crippen LogP contribution in [-0.2, 0) is 21.3 Å². The number of rotatable bonds is 7. The lowest BCUT2D eigenvalue weighted by molar-refractivity contribution is 0.142. The Kier molecular flexibility index (Phi) is 7.15. The number of hydrogen-bond donors (Lipinski definition) is 0. The summed E-state index contributed by atoms with van der Waals surface area (Å²) >= 11 is 6.28. The van der Waals surface area contributed by atoms with E-state index >= 15 is 0 Å². The summed E-state index contributed by atoms with van der Waals surface area (Å²) in [5, 5.41) is 0.215.